The van der Waals surface area contributed by atoms with Crippen molar-refractivity contribution >= 4 is 34.4 Å². The first kappa shape index (κ1) is 21.8. The minimum Gasteiger partial charge on any atom is -0.349 e. The van der Waals surface area contributed by atoms with E-state index in [9.17, 15) is 10.2 Å². The highest BCUT2D eigenvalue weighted by molar-refractivity contribution is 7.99. The second-order valence-corrected chi connectivity index (χ2v) is 8.89. The fourth-order valence-electron chi connectivity index (χ4n) is 3.89. The van der Waals surface area contributed by atoms with Gasteiger partial charge in [-0.1, -0.05) is 18.2 Å². The van der Waals surface area contributed by atoms with Crippen LogP contribution in [0.5, 0.6) is 0 Å². The molecule has 1 fully saturated rings. The van der Waals surface area contributed by atoms with E-state index < -0.39 is 23.1 Å². The first-order valence-corrected chi connectivity index (χ1v) is 11.5. The molecule has 5 rings (SSSR count). The lowest BCUT2D eigenvalue weighted by Gasteiger charge is -2.37. The molecule has 0 radical (unpaired) electrons. The number of hydrogen-bond donors (Lipinski definition) is 3. The topological polar surface area (TPSA) is 86.4 Å². The second-order valence-electron chi connectivity index (χ2n) is 7.67. The molecule has 0 saturated carbocycles. The van der Waals surface area contributed by atoms with Crippen LogP contribution in [0.1, 0.15) is 5.56 Å². The maximum absolute atomic E-state index is 15.1. The summed E-state index contributed by atoms with van der Waals surface area (Å²) in [7, 11) is 0. The Labute approximate surface area is 192 Å². The van der Waals surface area contributed by atoms with Crippen molar-refractivity contribution in [3.05, 3.63) is 78.1 Å². The average molecular weight is 470 g/mol. The van der Waals surface area contributed by atoms with Crippen molar-refractivity contribution in [2.24, 2.45) is 0 Å². The molecule has 1 saturated heterocycles. The lowest BCUT2D eigenvalue weighted by atomic mass is 10.1. The largest absolute Gasteiger partial charge is 0.349 e. The predicted molar refractivity (Wildman–Crippen MR) is 124 cm³/mol. The summed E-state index contributed by atoms with van der Waals surface area (Å²) < 4.78 is 31.7. The Balaban J connectivity index is 1.51. The molecule has 7 nitrogen and oxygen atoms in total. The summed E-state index contributed by atoms with van der Waals surface area (Å²) in [5, 5.41) is 25.0. The number of fused-ring (bicyclic) bond motifs is 1. The number of anilines is 2. The molecular formula is C23H21F2N5O2S. The van der Waals surface area contributed by atoms with Gasteiger partial charge in [-0.15, -0.1) is 0 Å². The summed E-state index contributed by atoms with van der Waals surface area (Å²) in [6.07, 6.45) is 3.25. The number of hydrogen-bond acceptors (Lipinski definition) is 7. The van der Waals surface area contributed by atoms with Gasteiger partial charge in [0, 0.05) is 48.1 Å². The van der Waals surface area contributed by atoms with Crippen LogP contribution in [0.4, 0.5) is 20.4 Å². The molecular weight excluding hydrogens is 448 g/mol. The van der Waals surface area contributed by atoms with Gasteiger partial charge in [0.05, 0.1) is 11.3 Å². The van der Waals surface area contributed by atoms with E-state index in [1.807, 2.05) is 30.3 Å². The molecule has 10 heteroatoms. The van der Waals surface area contributed by atoms with Crippen LogP contribution in [-0.2, 0) is 5.91 Å². The van der Waals surface area contributed by atoms with Crippen molar-refractivity contribution in [1.82, 2.24) is 19.4 Å². The fourth-order valence-corrected chi connectivity index (χ4v) is 4.79. The zero-order valence-electron chi connectivity index (χ0n) is 17.4. The van der Waals surface area contributed by atoms with E-state index in [0.717, 1.165) is 17.8 Å². The van der Waals surface area contributed by atoms with Gasteiger partial charge in [-0.05, 0) is 30.3 Å². The Morgan fingerprint density at radius 3 is 2.39 bits per heavy atom. The first-order chi connectivity index (χ1) is 15.9. The standard InChI is InChI=1S/C23H21F2N5O2S/c24-18-12-17(13-19(25)20(18)23(31,32)29-8-10-33-11-9-29)30-7-6-15-14-26-22(28-21(15)30)27-16-4-2-1-3-5-16/h1-7,12-14,31-32H,8-11H2,(H,26,27,28). The Bertz CT molecular complexity index is 1270. The van der Waals surface area contributed by atoms with Crippen LogP contribution < -0.4 is 5.32 Å². The van der Waals surface area contributed by atoms with Gasteiger partial charge >= 0.3 is 0 Å². The Kier molecular flexibility index (Phi) is 5.75. The number of halogens is 2. The number of nitrogens with one attached hydrogen (secondary N) is 1. The van der Waals surface area contributed by atoms with Gasteiger partial charge in [0.1, 0.15) is 17.3 Å². The SMILES string of the molecule is OC(O)(c1c(F)cc(-n2ccc3cnc(Nc4ccccc4)nc32)cc1F)N1CCSCC1. The van der Waals surface area contributed by atoms with Gasteiger partial charge in [-0.2, -0.15) is 16.7 Å². The first-order valence-electron chi connectivity index (χ1n) is 10.4. The van der Waals surface area contributed by atoms with Crippen LogP contribution in [0, 0.1) is 11.6 Å². The van der Waals surface area contributed by atoms with Gasteiger partial charge in [-0.25, -0.2) is 18.7 Å². The van der Waals surface area contributed by atoms with Gasteiger partial charge in [-0.3, -0.25) is 0 Å². The number of nitrogens with zero attached hydrogens (tertiary/aromatic N) is 4. The minimum absolute atomic E-state index is 0.165. The van der Waals surface area contributed by atoms with Gasteiger partial charge in [0.15, 0.2) is 0 Å². The molecule has 1 aliphatic rings. The van der Waals surface area contributed by atoms with Crippen molar-refractivity contribution in [2.75, 3.05) is 29.9 Å². The molecule has 1 aliphatic heterocycles. The number of para-hydroxylation sites is 1. The predicted octanol–water partition coefficient (Wildman–Crippen LogP) is 3.59. The van der Waals surface area contributed by atoms with E-state index in [2.05, 4.69) is 15.3 Å². The van der Waals surface area contributed by atoms with E-state index in [-0.39, 0.29) is 5.69 Å². The quantitative estimate of drug-likeness (QED) is 0.385. The van der Waals surface area contributed by atoms with E-state index in [4.69, 9.17) is 0 Å². The van der Waals surface area contributed by atoms with Crippen molar-refractivity contribution in [1.29, 1.82) is 0 Å². The molecule has 0 aliphatic carbocycles. The summed E-state index contributed by atoms with van der Waals surface area (Å²) in [5.41, 5.74) is 0.630. The molecule has 2 aromatic heterocycles. The second kappa shape index (κ2) is 8.71. The third kappa shape index (κ3) is 4.18. The van der Waals surface area contributed by atoms with Crippen LogP contribution >= 0.6 is 11.8 Å². The van der Waals surface area contributed by atoms with Crippen molar-refractivity contribution in [2.45, 2.75) is 5.91 Å². The molecule has 2 aromatic carbocycles. The Morgan fingerprint density at radius 2 is 1.70 bits per heavy atom. The molecule has 0 spiro atoms. The molecule has 3 heterocycles. The molecule has 0 amide bonds. The lowest BCUT2D eigenvalue weighted by molar-refractivity contribution is -0.276. The number of aromatic nitrogens is 3. The molecule has 0 atom stereocenters. The molecule has 0 bridgehead atoms. The zero-order chi connectivity index (χ0) is 23.0. The summed E-state index contributed by atoms with van der Waals surface area (Å²) >= 11 is 1.65. The third-order valence-electron chi connectivity index (χ3n) is 5.55. The summed E-state index contributed by atoms with van der Waals surface area (Å²) in [6, 6.07) is 13.3. The highest BCUT2D eigenvalue weighted by atomic mass is 32.2. The van der Waals surface area contributed by atoms with Crippen LogP contribution in [-0.4, -0.2) is 54.2 Å². The highest BCUT2D eigenvalue weighted by Crippen LogP contribution is 2.32. The van der Waals surface area contributed by atoms with Crippen LogP contribution in [0.2, 0.25) is 0 Å². The van der Waals surface area contributed by atoms with Crippen LogP contribution in [0.15, 0.2) is 60.9 Å². The highest BCUT2D eigenvalue weighted by Gasteiger charge is 2.40. The number of aliphatic hydroxyl groups is 2. The van der Waals surface area contributed by atoms with Crippen molar-refractivity contribution in [3.8, 4) is 5.69 Å². The Hall–Kier alpha value is -3.05. The van der Waals surface area contributed by atoms with Gasteiger partial charge < -0.3 is 20.1 Å². The zero-order valence-corrected chi connectivity index (χ0v) is 18.3. The van der Waals surface area contributed by atoms with E-state index in [0.29, 0.717) is 41.6 Å². The summed E-state index contributed by atoms with van der Waals surface area (Å²) in [4.78, 5) is 10.1. The molecule has 33 heavy (non-hydrogen) atoms. The maximum Gasteiger partial charge on any atom is 0.259 e. The summed E-state index contributed by atoms with van der Waals surface area (Å²) in [6.45, 7) is 0.628. The smallest absolute Gasteiger partial charge is 0.259 e. The third-order valence-corrected chi connectivity index (χ3v) is 6.49. The fraction of sp³-hybridized carbons (Fsp3) is 0.217. The van der Waals surface area contributed by atoms with Gasteiger partial charge in [0.2, 0.25) is 5.95 Å². The van der Waals surface area contributed by atoms with Crippen molar-refractivity contribution in [3.63, 3.8) is 0 Å². The maximum atomic E-state index is 15.1. The Morgan fingerprint density at radius 1 is 1.00 bits per heavy atom. The van der Waals surface area contributed by atoms with Crippen LogP contribution in [0.25, 0.3) is 16.7 Å². The molecule has 170 valence electrons. The number of benzene rings is 2. The number of thioether (sulfide) groups is 1. The lowest BCUT2D eigenvalue weighted by Crippen LogP contribution is -2.51. The minimum atomic E-state index is -2.73. The van der Waals surface area contributed by atoms with E-state index in [1.54, 1.807) is 30.2 Å². The summed E-state index contributed by atoms with van der Waals surface area (Å²) in [5.74, 6) is -3.20. The average Bonchev–Trinajstić information content (AvgIpc) is 3.23. The number of rotatable bonds is 5. The van der Waals surface area contributed by atoms with Crippen LogP contribution in [0.3, 0.4) is 0 Å². The molecule has 0 unspecified atom stereocenters. The molecule has 4 aromatic rings. The monoisotopic (exact) mass is 469 g/mol. The van der Waals surface area contributed by atoms with Gasteiger partial charge in [0.25, 0.3) is 5.91 Å². The van der Waals surface area contributed by atoms with E-state index >= 15 is 8.78 Å². The normalized spacial score (nSPS) is 15.2. The van der Waals surface area contributed by atoms with Crippen molar-refractivity contribution < 1.29 is 19.0 Å². The van der Waals surface area contributed by atoms with E-state index in [1.165, 1.54) is 9.47 Å². The molecule has 3 N–H and O–H groups in total.